The summed E-state index contributed by atoms with van der Waals surface area (Å²) in [5, 5.41) is 7.32. The summed E-state index contributed by atoms with van der Waals surface area (Å²) in [5.41, 5.74) is 5.33. The number of carbonyl (C=O) groups excluding carboxylic acids is 1. The van der Waals surface area contributed by atoms with Crippen molar-refractivity contribution in [1.29, 1.82) is 0 Å². The van der Waals surface area contributed by atoms with Crippen LogP contribution in [0.15, 0.2) is 24.3 Å². The molecule has 0 aliphatic carbocycles. The zero-order valence-electron chi connectivity index (χ0n) is 18.0. The van der Waals surface area contributed by atoms with Gasteiger partial charge < -0.3 is 14.8 Å². The minimum Gasteiger partial charge on any atom is -0.493 e. The quantitative estimate of drug-likeness (QED) is 0.560. The molecular formula is C22H26F2N4O3. The number of aryl methyl sites for hydroxylation is 3. The molecule has 2 aromatic heterocycles. The fourth-order valence-corrected chi connectivity index (χ4v) is 3.54. The molecule has 0 fully saturated rings. The zero-order chi connectivity index (χ0) is 22.5. The van der Waals surface area contributed by atoms with Crippen molar-refractivity contribution < 1.29 is 23.0 Å². The van der Waals surface area contributed by atoms with Crippen molar-refractivity contribution in [3.63, 3.8) is 0 Å². The number of halogens is 2. The van der Waals surface area contributed by atoms with Gasteiger partial charge in [-0.1, -0.05) is 6.07 Å². The van der Waals surface area contributed by atoms with Crippen molar-refractivity contribution in [1.82, 2.24) is 19.9 Å². The van der Waals surface area contributed by atoms with Crippen LogP contribution in [0.5, 0.6) is 11.5 Å². The first-order chi connectivity index (χ1) is 14.8. The maximum Gasteiger partial charge on any atom is 0.387 e. The number of ether oxygens (including phenoxy) is 2. The molecule has 0 aliphatic rings. The molecule has 0 unspecified atom stereocenters. The van der Waals surface area contributed by atoms with Crippen molar-refractivity contribution in [3.05, 3.63) is 52.5 Å². The van der Waals surface area contributed by atoms with Gasteiger partial charge in [0.05, 0.1) is 12.8 Å². The highest BCUT2D eigenvalue weighted by molar-refractivity contribution is 5.76. The van der Waals surface area contributed by atoms with Gasteiger partial charge in [0, 0.05) is 30.4 Å². The third-order valence-electron chi connectivity index (χ3n) is 5.07. The maximum atomic E-state index is 12.6. The predicted octanol–water partition coefficient (Wildman–Crippen LogP) is 3.56. The number of carbonyl (C=O) groups is 1. The normalized spacial score (nSPS) is 11.2. The van der Waals surface area contributed by atoms with Crippen LogP contribution in [-0.2, 0) is 17.6 Å². The summed E-state index contributed by atoms with van der Waals surface area (Å²) in [6.45, 7) is 3.28. The number of nitrogens with zero attached hydrogens (tertiary/aromatic N) is 3. The van der Waals surface area contributed by atoms with Crippen molar-refractivity contribution in [3.8, 4) is 11.5 Å². The Hall–Kier alpha value is -3.23. The van der Waals surface area contributed by atoms with Gasteiger partial charge in [-0.05, 0) is 56.9 Å². The highest BCUT2D eigenvalue weighted by Gasteiger charge is 2.14. The molecule has 9 heteroatoms. The van der Waals surface area contributed by atoms with E-state index < -0.39 is 6.61 Å². The van der Waals surface area contributed by atoms with Crippen LogP contribution in [-0.4, -0.2) is 40.8 Å². The molecule has 166 valence electrons. The SMILES string of the molecule is COc1ccc(CCNC(=O)CCc2c(C)nc3cc(C)nn3c2C)cc1OC(F)F. The lowest BCUT2D eigenvalue weighted by Gasteiger charge is -2.12. The number of alkyl halides is 2. The Bertz CT molecular complexity index is 1080. The maximum absolute atomic E-state index is 12.6. The van der Waals surface area contributed by atoms with Crippen LogP contribution in [0.3, 0.4) is 0 Å². The van der Waals surface area contributed by atoms with Gasteiger partial charge in [0.15, 0.2) is 17.1 Å². The minimum atomic E-state index is -2.94. The average molecular weight is 432 g/mol. The number of benzene rings is 1. The molecule has 7 nitrogen and oxygen atoms in total. The molecule has 1 N–H and O–H groups in total. The lowest BCUT2D eigenvalue weighted by molar-refractivity contribution is -0.121. The second-order valence-corrected chi connectivity index (χ2v) is 7.28. The molecule has 0 saturated heterocycles. The third kappa shape index (κ3) is 5.48. The van der Waals surface area contributed by atoms with Crippen molar-refractivity contribution in [2.75, 3.05) is 13.7 Å². The zero-order valence-corrected chi connectivity index (χ0v) is 18.0. The van der Waals surface area contributed by atoms with Crippen LogP contribution in [0, 0.1) is 20.8 Å². The molecule has 1 amide bonds. The van der Waals surface area contributed by atoms with E-state index in [0.29, 0.717) is 25.8 Å². The standard InChI is InChI=1S/C22H26F2N4O3/c1-13-11-20-26-14(2)17(15(3)28(20)27-13)6-8-21(29)25-10-9-16-5-7-18(30-4)19(12-16)31-22(23)24/h5,7,11-12,22H,6,8-10H2,1-4H3,(H,25,29). The summed E-state index contributed by atoms with van der Waals surface area (Å²) in [6.07, 6.45) is 1.35. The summed E-state index contributed by atoms with van der Waals surface area (Å²) in [6, 6.07) is 6.74. The largest absolute Gasteiger partial charge is 0.493 e. The Morgan fingerprint density at radius 1 is 1.16 bits per heavy atom. The van der Waals surface area contributed by atoms with Crippen LogP contribution < -0.4 is 14.8 Å². The van der Waals surface area contributed by atoms with Gasteiger partial charge in [-0.3, -0.25) is 4.79 Å². The van der Waals surface area contributed by atoms with Gasteiger partial charge in [0.25, 0.3) is 0 Å². The van der Waals surface area contributed by atoms with Crippen LogP contribution >= 0.6 is 0 Å². The molecule has 0 spiro atoms. The molecule has 1 aromatic carbocycles. The monoisotopic (exact) mass is 432 g/mol. The first-order valence-electron chi connectivity index (χ1n) is 9.99. The molecule has 0 radical (unpaired) electrons. The Morgan fingerprint density at radius 2 is 1.94 bits per heavy atom. The number of aromatic nitrogens is 3. The van der Waals surface area contributed by atoms with Crippen molar-refractivity contribution in [2.24, 2.45) is 0 Å². The second-order valence-electron chi connectivity index (χ2n) is 7.28. The van der Waals surface area contributed by atoms with E-state index in [4.69, 9.17) is 4.74 Å². The number of nitrogens with one attached hydrogen (secondary N) is 1. The molecule has 0 aliphatic heterocycles. The summed E-state index contributed by atoms with van der Waals surface area (Å²) in [5.74, 6) is 0.119. The first kappa shape index (κ1) is 22.5. The number of hydrogen-bond acceptors (Lipinski definition) is 5. The third-order valence-corrected chi connectivity index (χ3v) is 5.07. The summed E-state index contributed by atoms with van der Waals surface area (Å²) >= 11 is 0. The fourth-order valence-electron chi connectivity index (χ4n) is 3.54. The number of amides is 1. The van der Waals surface area contributed by atoms with E-state index in [1.807, 2.05) is 26.8 Å². The lowest BCUT2D eigenvalue weighted by Crippen LogP contribution is -2.26. The van der Waals surface area contributed by atoms with Gasteiger partial charge in [-0.25, -0.2) is 9.50 Å². The number of methoxy groups -OCH3 is 1. The van der Waals surface area contributed by atoms with Crippen LogP contribution in [0.25, 0.3) is 5.65 Å². The molecule has 31 heavy (non-hydrogen) atoms. The van der Waals surface area contributed by atoms with Gasteiger partial charge in [0.1, 0.15) is 0 Å². The Balaban J connectivity index is 1.55. The Labute approximate surface area is 179 Å². The number of hydrogen-bond donors (Lipinski definition) is 1. The summed E-state index contributed by atoms with van der Waals surface area (Å²) in [4.78, 5) is 16.9. The topological polar surface area (TPSA) is 77.8 Å². The Kier molecular flexibility index (Phi) is 7.04. The molecule has 0 saturated carbocycles. The molecular weight excluding hydrogens is 406 g/mol. The van der Waals surface area contributed by atoms with E-state index in [9.17, 15) is 13.6 Å². The average Bonchev–Trinajstić information content (AvgIpc) is 3.08. The number of fused-ring (bicyclic) bond motifs is 1. The van der Waals surface area contributed by atoms with E-state index in [2.05, 4.69) is 20.1 Å². The van der Waals surface area contributed by atoms with E-state index >= 15 is 0 Å². The van der Waals surface area contributed by atoms with E-state index in [1.165, 1.54) is 13.2 Å². The van der Waals surface area contributed by atoms with Gasteiger partial charge in [-0.2, -0.15) is 13.9 Å². The highest BCUT2D eigenvalue weighted by Crippen LogP contribution is 2.29. The van der Waals surface area contributed by atoms with Gasteiger partial charge in [-0.15, -0.1) is 0 Å². The molecule has 0 atom stereocenters. The van der Waals surface area contributed by atoms with E-state index in [-0.39, 0.29) is 17.4 Å². The van der Waals surface area contributed by atoms with Crippen LogP contribution in [0.2, 0.25) is 0 Å². The Morgan fingerprint density at radius 3 is 2.65 bits per heavy atom. The van der Waals surface area contributed by atoms with E-state index in [0.717, 1.165) is 33.9 Å². The lowest BCUT2D eigenvalue weighted by atomic mass is 10.1. The summed E-state index contributed by atoms with van der Waals surface area (Å²) in [7, 11) is 1.39. The molecule has 3 aromatic rings. The van der Waals surface area contributed by atoms with Crippen LogP contribution in [0.4, 0.5) is 8.78 Å². The van der Waals surface area contributed by atoms with Crippen molar-refractivity contribution in [2.45, 2.75) is 46.6 Å². The van der Waals surface area contributed by atoms with E-state index in [1.54, 1.807) is 16.6 Å². The second kappa shape index (κ2) is 9.72. The van der Waals surface area contributed by atoms with Gasteiger partial charge >= 0.3 is 6.61 Å². The minimum absolute atomic E-state index is 0.0240. The predicted molar refractivity (Wildman–Crippen MR) is 112 cm³/mol. The molecule has 3 rings (SSSR count). The molecule has 0 bridgehead atoms. The highest BCUT2D eigenvalue weighted by atomic mass is 19.3. The molecule has 2 heterocycles. The number of rotatable bonds is 9. The van der Waals surface area contributed by atoms with Gasteiger partial charge in [0.2, 0.25) is 5.91 Å². The van der Waals surface area contributed by atoms with Crippen molar-refractivity contribution >= 4 is 11.6 Å². The van der Waals surface area contributed by atoms with Crippen LogP contribution in [0.1, 0.15) is 34.6 Å². The first-order valence-corrected chi connectivity index (χ1v) is 9.99. The fraction of sp³-hybridized carbons (Fsp3) is 0.409. The summed E-state index contributed by atoms with van der Waals surface area (Å²) < 4.78 is 36.4. The smallest absolute Gasteiger partial charge is 0.387 e.